The number of fused-ring (bicyclic) bond motifs is 1. The molecule has 10 heteroatoms. The molecule has 3 aromatic carbocycles. The van der Waals surface area contributed by atoms with E-state index in [1.54, 1.807) is 18.2 Å². The first-order valence-electron chi connectivity index (χ1n) is 11.4. The molecule has 0 radical (unpaired) electrons. The molecule has 6 nitrogen and oxygen atoms in total. The van der Waals surface area contributed by atoms with Crippen LogP contribution in [0.25, 0.3) is 0 Å². The Morgan fingerprint density at radius 3 is 2.32 bits per heavy atom. The zero-order valence-corrected chi connectivity index (χ0v) is 20.6. The van der Waals surface area contributed by atoms with Crippen molar-refractivity contribution in [3.8, 4) is 11.5 Å². The molecule has 0 aromatic heterocycles. The Hall–Kier alpha value is -3.66. The zero-order valence-electron chi connectivity index (χ0n) is 19.8. The average molecular weight is 532 g/mol. The Balaban J connectivity index is 1.45. The van der Waals surface area contributed by atoms with E-state index in [-0.39, 0.29) is 47.4 Å². The van der Waals surface area contributed by atoms with E-state index in [1.165, 1.54) is 31.4 Å². The summed E-state index contributed by atoms with van der Waals surface area (Å²) in [5.41, 5.74) is -3.23. The van der Waals surface area contributed by atoms with Gasteiger partial charge in [-0.15, -0.1) is 0 Å². The van der Waals surface area contributed by atoms with Crippen LogP contribution in [0.1, 0.15) is 27.0 Å². The van der Waals surface area contributed by atoms with E-state index in [9.17, 15) is 27.9 Å². The summed E-state index contributed by atoms with van der Waals surface area (Å²) in [5.74, 6) is -1.07. The molecule has 1 aliphatic carbocycles. The highest BCUT2D eigenvalue weighted by atomic mass is 32.2. The fourth-order valence-electron chi connectivity index (χ4n) is 4.31. The smallest absolute Gasteiger partial charge is 0.446 e. The van der Waals surface area contributed by atoms with Gasteiger partial charge < -0.3 is 19.9 Å². The lowest BCUT2D eigenvalue weighted by Crippen LogP contribution is -2.55. The summed E-state index contributed by atoms with van der Waals surface area (Å²) in [7, 11) is 1.44. The lowest BCUT2D eigenvalue weighted by atomic mass is 9.95. The van der Waals surface area contributed by atoms with Gasteiger partial charge in [0.1, 0.15) is 5.54 Å². The van der Waals surface area contributed by atoms with Crippen molar-refractivity contribution in [2.45, 2.75) is 35.2 Å². The van der Waals surface area contributed by atoms with Gasteiger partial charge >= 0.3 is 11.5 Å². The molecule has 0 aliphatic heterocycles. The number of amides is 1. The first-order valence-corrected chi connectivity index (χ1v) is 12.2. The van der Waals surface area contributed by atoms with Crippen LogP contribution in [-0.2, 0) is 24.1 Å². The summed E-state index contributed by atoms with van der Waals surface area (Å²) in [5, 5.41) is 12.6. The number of carboxylic acids is 1. The van der Waals surface area contributed by atoms with Crippen LogP contribution < -0.4 is 14.8 Å². The van der Waals surface area contributed by atoms with Crippen LogP contribution in [0.5, 0.6) is 11.5 Å². The van der Waals surface area contributed by atoms with Gasteiger partial charge in [0.15, 0.2) is 11.5 Å². The highest BCUT2D eigenvalue weighted by Crippen LogP contribution is 2.37. The van der Waals surface area contributed by atoms with Crippen LogP contribution in [0.15, 0.2) is 71.6 Å². The maximum Gasteiger partial charge on any atom is 0.446 e. The minimum Gasteiger partial charge on any atom is -0.493 e. The number of hydrogen-bond acceptors (Lipinski definition) is 5. The predicted molar refractivity (Wildman–Crippen MR) is 132 cm³/mol. The lowest BCUT2D eigenvalue weighted by molar-refractivity contribution is -0.144. The molecule has 0 bridgehead atoms. The summed E-state index contributed by atoms with van der Waals surface area (Å²) >= 11 is -0.181. The Morgan fingerprint density at radius 2 is 1.70 bits per heavy atom. The fourth-order valence-corrected chi connectivity index (χ4v) is 4.93. The van der Waals surface area contributed by atoms with Crippen molar-refractivity contribution in [2.24, 2.45) is 0 Å². The Kier molecular flexibility index (Phi) is 7.68. The van der Waals surface area contributed by atoms with Gasteiger partial charge in [-0.25, -0.2) is 4.79 Å². The molecule has 37 heavy (non-hydrogen) atoms. The first kappa shape index (κ1) is 26.4. The van der Waals surface area contributed by atoms with Crippen LogP contribution in [0, 0.1) is 0 Å². The summed E-state index contributed by atoms with van der Waals surface area (Å²) in [4.78, 5) is 25.4. The topological polar surface area (TPSA) is 84.9 Å². The van der Waals surface area contributed by atoms with E-state index >= 15 is 0 Å². The third-order valence-electron chi connectivity index (χ3n) is 6.07. The summed E-state index contributed by atoms with van der Waals surface area (Å²) in [6, 6.07) is 18.0. The second-order valence-electron chi connectivity index (χ2n) is 8.62. The number of carboxylic acid groups (broad SMARTS) is 1. The second-order valence-corrected chi connectivity index (χ2v) is 9.76. The van der Waals surface area contributed by atoms with Crippen molar-refractivity contribution in [2.75, 3.05) is 13.7 Å². The largest absolute Gasteiger partial charge is 0.493 e. The van der Waals surface area contributed by atoms with Gasteiger partial charge in [0, 0.05) is 29.7 Å². The number of thioether (sulfide) groups is 1. The third-order valence-corrected chi connectivity index (χ3v) is 6.79. The van der Waals surface area contributed by atoms with Crippen molar-refractivity contribution >= 4 is 23.6 Å². The van der Waals surface area contributed by atoms with Crippen LogP contribution in [0.4, 0.5) is 13.2 Å². The van der Waals surface area contributed by atoms with Crippen LogP contribution in [0.3, 0.4) is 0 Å². The van der Waals surface area contributed by atoms with E-state index in [4.69, 9.17) is 9.47 Å². The molecule has 2 N–H and O–H groups in total. The average Bonchev–Trinajstić information content (AvgIpc) is 3.22. The molecule has 4 rings (SSSR count). The minimum atomic E-state index is -4.37. The van der Waals surface area contributed by atoms with Crippen LogP contribution >= 0.6 is 11.8 Å². The Bertz CT molecular complexity index is 1290. The van der Waals surface area contributed by atoms with Gasteiger partial charge in [-0.1, -0.05) is 36.4 Å². The second kappa shape index (κ2) is 10.8. The lowest BCUT2D eigenvalue weighted by Gasteiger charge is -2.25. The molecule has 0 spiro atoms. The monoisotopic (exact) mass is 531 g/mol. The van der Waals surface area contributed by atoms with Crippen molar-refractivity contribution in [1.82, 2.24) is 5.32 Å². The number of alkyl halides is 3. The SMILES string of the molecule is COc1ccc(C(=O)NC2(C(=O)O)Cc3ccccc3C2)cc1OCCc1cccc(SC(F)(F)F)c1. The summed E-state index contributed by atoms with van der Waals surface area (Å²) in [6.45, 7) is 0.121. The Labute approximate surface area is 215 Å². The third kappa shape index (κ3) is 6.37. The van der Waals surface area contributed by atoms with Crippen molar-refractivity contribution in [3.05, 3.63) is 89.0 Å². The number of ether oxygens (including phenoxy) is 2. The molecule has 0 saturated heterocycles. The predicted octanol–water partition coefficient (Wildman–Crippen LogP) is 5.28. The van der Waals surface area contributed by atoms with E-state index in [2.05, 4.69) is 5.32 Å². The fraction of sp³-hybridized carbons (Fsp3) is 0.259. The number of halogens is 3. The number of hydrogen-bond donors (Lipinski definition) is 2. The van der Waals surface area contributed by atoms with E-state index in [0.717, 1.165) is 11.1 Å². The molecule has 0 heterocycles. The quantitative estimate of drug-likeness (QED) is 0.366. The molecule has 0 atom stereocenters. The standard InChI is InChI=1S/C27H24F3NO5S/c1-35-22-10-9-18(24(32)31-26(25(33)34)15-19-6-2-3-7-20(19)16-26)14-23(22)36-12-11-17-5-4-8-21(13-17)37-27(28,29)30/h2-10,13-14H,11-12,15-16H2,1H3,(H,31,32)(H,33,34). The maximum absolute atomic E-state index is 13.1. The molecule has 0 fully saturated rings. The molecular formula is C27H24F3NO5S. The molecule has 194 valence electrons. The summed E-state index contributed by atoms with van der Waals surface area (Å²) in [6.07, 6.45) is 0.678. The van der Waals surface area contributed by atoms with E-state index in [0.29, 0.717) is 17.7 Å². The number of rotatable bonds is 9. The number of nitrogens with one attached hydrogen (secondary N) is 1. The number of carbonyl (C=O) groups is 2. The number of benzene rings is 3. The highest BCUT2D eigenvalue weighted by molar-refractivity contribution is 8.00. The molecule has 1 amide bonds. The van der Waals surface area contributed by atoms with E-state index < -0.39 is 22.9 Å². The van der Waals surface area contributed by atoms with Gasteiger partial charge in [0.25, 0.3) is 5.91 Å². The van der Waals surface area contributed by atoms with Gasteiger partial charge in [-0.2, -0.15) is 13.2 Å². The molecule has 0 saturated carbocycles. The van der Waals surface area contributed by atoms with Crippen molar-refractivity contribution in [3.63, 3.8) is 0 Å². The van der Waals surface area contributed by atoms with Gasteiger partial charge in [-0.05, 0) is 58.8 Å². The maximum atomic E-state index is 13.1. The molecule has 0 unspecified atom stereocenters. The van der Waals surface area contributed by atoms with Crippen molar-refractivity contribution < 1.29 is 37.3 Å². The molecule has 1 aliphatic rings. The van der Waals surface area contributed by atoms with Crippen LogP contribution in [-0.4, -0.2) is 41.7 Å². The normalized spacial score (nSPS) is 14.1. The van der Waals surface area contributed by atoms with Crippen LogP contribution in [0.2, 0.25) is 0 Å². The van der Waals surface area contributed by atoms with E-state index in [1.807, 2.05) is 24.3 Å². The molecule has 3 aromatic rings. The minimum absolute atomic E-state index is 0.0858. The summed E-state index contributed by atoms with van der Waals surface area (Å²) < 4.78 is 49.1. The number of aliphatic carboxylic acids is 1. The van der Waals surface area contributed by atoms with Crippen molar-refractivity contribution in [1.29, 1.82) is 0 Å². The van der Waals surface area contributed by atoms with Gasteiger partial charge in [0.2, 0.25) is 0 Å². The Morgan fingerprint density at radius 1 is 1.00 bits per heavy atom. The number of carbonyl (C=O) groups excluding carboxylic acids is 1. The molecular weight excluding hydrogens is 507 g/mol. The number of methoxy groups -OCH3 is 1. The van der Waals surface area contributed by atoms with Gasteiger partial charge in [-0.3, -0.25) is 4.79 Å². The highest BCUT2D eigenvalue weighted by Gasteiger charge is 2.45. The van der Waals surface area contributed by atoms with Gasteiger partial charge in [0.05, 0.1) is 13.7 Å². The zero-order chi connectivity index (χ0) is 26.6. The first-order chi connectivity index (χ1) is 17.6.